The van der Waals surface area contributed by atoms with E-state index >= 15 is 0 Å². The first kappa shape index (κ1) is 13.5. The van der Waals surface area contributed by atoms with Crippen molar-refractivity contribution < 1.29 is 19.0 Å². The van der Waals surface area contributed by atoms with Crippen LogP contribution in [-0.2, 0) is 4.74 Å². The predicted molar refractivity (Wildman–Crippen MR) is 59.1 cm³/mol. The van der Waals surface area contributed by atoms with E-state index in [1.165, 1.54) is 17.0 Å². The number of amides is 1. The summed E-state index contributed by atoms with van der Waals surface area (Å²) in [4.78, 5) is 16.9. The maximum absolute atomic E-state index is 12.6. The van der Waals surface area contributed by atoms with Gasteiger partial charge in [-0.05, 0) is 12.1 Å². The van der Waals surface area contributed by atoms with Crippen LogP contribution in [0.15, 0.2) is 18.3 Å². The maximum Gasteiger partial charge on any atom is 0.272 e. The first-order chi connectivity index (χ1) is 8.15. The van der Waals surface area contributed by atoms with Crippen LogP contribution in [0.5, 0.6) is 0 Å². The molecular weight excluding hydrogens is 227 g/mol. The van der Waals surface area contributed by atoms with Crippen LogP contribution >= 0.6 is 0 Å². The average molecular weight is 242 g/mol. The summed E-state index contributed by atoms with van der Waals surface area (Å²) >= 11 is 0. The fourth-order valence-corrected chi connectivity index (χ4v) is 1.17. The third kappa shape index (κ3) is 4.46. The van der Waals surface area contributed by atoms with Crippen LogP contribution in [0.1, 0.15) is 10.5 Å². The van der Waals surface area contributed by atoms with Gasteiger partial charge in [0.2, 0.25) is 0 Å². The van der Waals surface area contributed by atoms with E-state index in [-0.39, 0.29) is 24.8 Å². The van der Waals surface area contributed by atoms with Crippen LogP contribution in [0.25, 0.3) is 0 Å². The predicted octanol–water partition coefficient (Wildman–Crippen LogP) is 0.302. The highest BCUT2D eigenvalue weighted by molar-refractivity contribution is 5.92. The van der Waals surface area contributed by atoms with Crippen molar-refractivity contribution in [2.45, 2.75) is 0 Å². The summed E-state index contributed by atoms with van der Waals surface area (Å²) in [7, 11) is 1.61. The van der Waals surface area contributed by atoms with Crippen LogP contribution in [0.2, 0.25) is 0 Å². The number of hydrogen-bond donors (Lipinski definition) is 1. The SMILES string of the molecule is CN(CCOCCO)C(=O)c1ccc(F)cn1. The van der Waals surface area contributed by atoms with Crippen molar-refractivity contribution in [2.75, 3.05) is 33.4 Å². The topological polar surface area (TPSA) is 62.7 Å². The highest BCUT2D eigenvalue weighted by atomic mass is 19.1. The van der Waals surface area contributed by atoms with Gasteiger partial charge in [-0.25, -0.2) is 9.37 Å². The molecule has 0 aliphatic heterocycles. The first-order valence-corrected chi connectivity index (χ1v) is 5.20. The van der Waals surface area contributed by atoms with Gasteiger partial charge in [-0.15, -0.1) is 0 Å². The molecule has 0 atom stereocenters. The lowest BCUT2D eigenvalue weighted by atomic mass is 10.3. The molecule has 5 nitrogen and oxygen atoms in total. The molecule has 1 aromatic rings. The van der Waals surface area contributed by atoms with E-state index in [9.17, 15) is 9.18 Å². The lowest BCUT2D eigenvalue weighted by molar-refractivity contribution is 0.0614. The van der Waals surface area contributed by atoms with Crippen molar-refractivity contribution in [3.8, 4) is 0 Å². The van der Waals surface area contributed by atoms with Gasteiger partial charge in [0.1, 0.15) is 11.5 Å². The second-order valence-electron chi connectivity index (χ2n) is 3.42. The van der Waals surface area contributed by atoms with Crippen molar-refractivity contribution in [1.82, 2.24) is 9.88 Å². The van der Waals surface area contributed by atoms with Gasteiger partial charge in [0, 0.05) is 13.6 Å². The summed E-state index contributed by atoms with van der Waals surface area (Å²) in [6, 6.07) is 2.53. The molecule has 0 aromatic carbocycles. The molecular formula is C11H15FN2O3. The number of ether oxygens (including phenoxy) is 1. The van der Waals surface area contributed by atoms with Crippen LogP contribution in [-0.4, -0.2) is 54.3 Å². The van der Waals surface area contributed by atoms with Crippen molar-refractivity contribution in [1.29, 1.82) is 0 Å². The minimum atomic E-state index is -0.476. The normalized spacial score (nSPS) is 10.3. The Morgan fingerprint density at radius 2 is 2.29 bits per heavy atom. The van der Waals surface area contributed by atoms with Gasteiger partial charge in [-0.2, -0.15) is 0 Å². The highest BCUT2D eigenvalue weighted by Crippen LogP contribution is 2.01. The maximum atomic E-state index is 12.6. The van der Waals surface area contributed by atoms with Crippen LogP contribution < -0.4 is 0 Å². The Balaban J connectivity index is 2.43. The number of aliphatic hydroxyl groups is 1. The van der Waals surface area contributed by atoms with Gasteiger partial charge < -0.3 is 14.7 Å². The van der Waals surface area contributed by atoms with Gasteiger partial charge in [-0.1, -0.05) is 0 Å². The summed E-state index contributed by atoms with van der Waals surface area (Å²) < 4.78 is 17.6. The van der Waals surface area contributed by atoms with Crippen molar-refractivity contribution in [2.24, 2.45) is 0 Å². The van der Waals surface area contributed by atoms with Gasteiger partial charge in [0.05, 0.1) is 26.0 Å². The third-order valence-corrected chi connectivity index (χ3v) is 2.10. The quantitative estimate of drug-likeness (QED) is 0.729. The Morgan fingerprint density at radius 3 is 2.88 bits per heavy atom. The number of aromatic nitrogens is 1. The number of pyridine rings is 1. The number of likely N-dealkylation sites (N-methyl/N-ethyl adjacent to an activating group) is 1. The number of carbonyl (C=O) groups excluding carboxylic acids is 1. The zero-order chi connectivity index (χ0) is 12.7. The van der Waals surface area contributed by atoms with Crippen LogP contribution in [0.3, 0.4) is 0 Å². The standard InChI is InChI=1S/C11H15FN2O3/c1-14(4-6-17-7-5-15)11(16)10-3-2-9(12)8-13-10/h2-3,8,15H,4-7H2,1H3. The number of rotatable bonds is 6. The molecule has 0 unspecified atom stereocenters. The first-order valence-electron chi connectivity index (χ1n) is 5.20. The summed E-state index contributed by atoms with van der Waals surface area (Å²) in [5.74, 6) is -0.770. The van der Waals surface area contributed by atoms with Gasteiger partial charge in [0.25, 0.3) is 5.91 Å². The lowest BCUT2D eigenvalue weighted by Gasteiger charge is -2.16. The number of aliphatic hydroxyl groups excluding tert-OH is 1. The summed E-state index contributed by atoms with van der Waals surface area (Å²) in [6.07, 6.45) is 1.00. The molecule has 6 heteroatoms. The van der Waals surface area contributed by atoms with Gasteiger partial charge in [0.15, 0.2) is 0 Å². The molecule has 0 saturated heterocycles. The third-order valence-electron chi connectivity index (χ3n) is 2.10. The molecule has 1 aromatic heterocycles. The fraction of sp³-hybridized carbons (Fsp3) is 0.455. The number of nitrogens with zero attached hydrogens (tertiary/aromatic N) is 2. The zero-order valence-electron chi connectivity index (χ0n) is 9.60. The van der Waals surface area contributed by atoms with Gasteiger partial charge in [-0.3, -0.25) is 4.79 Å². The van der Waals surface area contributed by atoms with Crippen molar-refractivity contribution >= 4 is 5.91 Å². The monoisotopic (exact) mass is 242 g/mol. The Morgan fingerprint density at radius 1 is 1.53 bits per heavy atom. The molecule has 0 aliphatic rings. The lowest BCUT2D eigenvalue weighted by Crippen LogP contribution is -2.31. The van der Waals surface area contributed by atoms with E-state index in [0.29, 0.717) is 13.2 Å². The second-order valence-corrected chi connectivity index (χ2v) is 3.42. The molecule has 1 N–H and O–H groups in total. The smallest absolute Gasteiger partial charge is 0.272 e. The van der Waals surface area contributed by atoms with Crippen LogP contribution in [0, 0.1) is 5.82 Å². The van der Waals surface area contributed by atoms with E-state index in [0.717, 1.165) is 6.20 Å². The number of halogens is 1. The van der Waals surface area contributed by atoms with E-state index < -0.39 is 5.82 Å². The van der Waals surface area contributed by atoms with E-state index in [2.05, 4.69) is 4.98 Å². The molecule has 0 radical (unpaired) electrons. The fourth-order valence-electron chi connectivity index (χ4n) is 1.17. The highest BCUT2D eigenvalue weighted by Gasteiger charge is 2.12. The molecule has 94 valence electrons. The Bertz CT molecular complexity index is 356. The molecule has 1 amide bonds. The number of hydrogen-bond acceptors (Lipinski definition) is 4. The Kier molecular flexibility index (Phi) is 5.51. The molecule has 0 fully saturated rings. The average Bonchev–Trinajstić information content (AvgIpc) is 2.34. The minimum Gasteiger partial charge on any atom is -0.394 e. The molecule has 0 aliphatic carbocycles. The zero-order valence-corrected chi connectivity index (χ0v) is 9.60. The van der Waals surface area contributed by atoms with Crippen molar-refractivity contribution in [3.05, 3.63) is 29.8 Å². The molecule has 1 rings (SSSR count). The summed E-state index contributed by atoms with van der Waals surface area (Å²) in [5.41, 5.74) is 0.191. The van der Waals surface area contributed by atoms with Crippen molar-refractivity contribution in [3.63, 3.8) is 0 Å². The van der Waals surface area contributed by atoms with E-state index in [1.54, 1.807) is 7.05 Å². The second kappa shape index (κ2) is 6.93. The minimum absolute atomic E-state index is 0.0445. The molecule has 0 saturated carbocycles. The molecule has 1 heterocycles. The molecule has 0 bridgehead atoms. The van der Waals surface area contributed by atoms with Gasteiger partial charge >= 0.3 is 0 Å². The Hall–Kier alpha value is -1.53. The molecule has 17 heavy (non-hydrogen) atoms. The summed E-state index contributed by atoms with van der Waals surface area (Å²) in [5, 5.41) is 8.49. The van der Waals surface area contributed by atoms with E-state index in [1.807, 2.05) is 0 Å². The molecule has 0 spiro atoms. The number of carbonyl (C=O) groups is 1. The summed E-state index contributed by atoms with van der Waals surface area (Å²) in [6.45, 7) is 0.926. The van der Waals surface area contributed by atoms with E-state index in [4.69, 9.17) is 9.84 Å². The van der Waals surface area contributed by atoms with Crippen LogP contribution in [0.4, 0.5) is 4.39 Å². The largest absolute Gasteiger partial charge is 0.394 e. The Labute approximate surface area is 98.8 Å².